The zero-order valence-corrected chi connectivity index (χ0v) is 19.3. The van der Waals surface area contributed by atoms with Crippen molar-refractivity contribution in [2.24, 2.45) is 0 Å². The van der Waals surface area contributed by atoms with Gasteiger partial charge in [0.1, 0.15) is 0 Å². The summed E-state index contributed by atoms with van der Waals surface area (Å²) in [5.41, 5.74) is 2.04. The zero-order valence-electron chi connectivity index (χ0n) is 18.5. The van der Waals surface area contributed by atoms with Gasteiger partial charge in [-0.2, -0.15) is 0 Å². The number of para-hydroxylation sites is 1. The minimum absolute atomic E-state index is 0.0399. The van der Waals surface area contributed by atoms with Gasteiger partial charge >= 0.3 is 0 Å². The molecule has 0 radical (unpaired) electrons. The quantitative estimate of drug-likeness (QED) is 0.235. The van der Waals surface area contributed by atoms with Crippen LogP contribution >= 0.6 is 11.8 Å². The van der Waals surface area contributed by atoms with Crippen molar-refractivity contribution < 1.29 is 9.59 Å². The number of rotatable bonds is 6. The fourth-order valence-electron chi connectivity index (χ4n) is 4.14. The first-order valence-electron chi connectivity index (χ1n) is 11.2. The monoisotopic (exact) mass is 469 g/mol. The highest BCUT2D eigenvalue weighted by Crippen LogP contribution is 2.24. The van der Waals surface area contributed by atoms with Crippen LogP contribution in [-0.4, -0.2) is 45.0 Å². The lowest BCUT2D eigenvalue weighted by Crippen LogP contribution is -2.28. The molecule has 6 nitrogen and oxygen atoms in total. The molecule has 1 aliphatic heterocycles. The molecule has 0 saturated carbocycles. The van der Waals surface area contributed by atoms with E-state index in [2.05, 4.69) is 0 Å². The van der Waals surface area contributed by atoms with Crippen LogP contribution in [0.3, 0.4) is 0 Å². The molecule has 1 aromatic heterocycles. The Balaban J connectivity index is 1.56. The first-order valence-corrected chi connectivity index (χ1v) is 12.2. The number of benzene rings is 3. The molecule has 2 heterocycles. The summed E-state index contributed by atoms with van der Waals surface area (Å²) in [6, 6.07) is 23.4. The SMILES string of the molecule is O=C(CSc1nc2cc(C(=O)N3CCCC3)ccc2c(=O)n1-c1ccccc1)c1ccccc1. The summed E-state index contributed by atoms with van der Waals surface area (Å²) in [5.74, 6) is 0.0562. The Morgan fingerprint density at radius 1 is 0.853 bits per heavy atom. The predicted molar refractivity (Wildman–Crippen MR) is 134 cm³/mol. The maximum Gasteiger partial charge on any atom is 0.266 e. The van der Waals surface area contributed by atoms with Gasteiger partial charge in [0.2, 0.25) is 0 Å². The minimum Gasteiger partial charge on any atom is -0.339 e. The maximum atomic E-state index is 13.5. The molecule has 1 saturated heterocycles. The van der Waals surface area contributed by atoms with Crippen molar-refractivity contribution in [2.45, 2.75) is 18.0 Å². The number of hydrogen-bond donors (Lipinski definition) is 0. The van der Waals surface area contributed by atoms with Crippen LogP contribution in [0.15, 0.2) is 88.8 Å². The molecule has 0 atom stereocenters. The molecule has 1 aliphatic rings. The fraction of sp³-hybridized carbons (Fsp3) is 0.185. The van der Waals surface area contributed by atoms with E-state index in [4.69, 9.17) is 4.98 Å². The number of fused-ring (bicyclic) bond motifs is 1. The predicted octanol–water partition coefficient (Wildman–Crippen LogP) is 4.60. The number of amides is 1. The third-order valence-corrected chi connectivity index (χ3v) is 6.86. The molecule has 7 heteroatoms. The van der Waals surface area contributed by atoms with Crippen LogP contribution in [0.5, 0.6) is 0 Å². The van der Waals surface area contributed by atoms with Gasteiger partial charge in [0.15, 0.2) is 10.9 Å². The second-order valence-corrected chi connectivity index (χ2v) is 9.12. The van der Waals surface area contributed by atoms with Gasteiger partial charge in [-0.1, -0.05) is 60.3 Å². The molecule has 1 fully saturated rings. The largest absolute Gasteiger partial charge is 0.339 e. The van der Waals surface area contributed by atoms with Gasteiger partial charge in [-0.15, -0.1) is 0 Å². The summed E-state index contributed by atoms with van der Waals surface area (Å²) in [4.78, 5) is 45.7. The normalized spacial score (nSPS) is 13.4. The number of Topliss-reactive ketones (excluding diaryl/α,β-unsaturated/α-hetero) is 1. The molecule has 1 amide bonds. The number of ketones is 1. The third kappa shape index (κ3) is 4.39. The molecule has 34 heavy (non-hydrogen) atoms. The van der Waals surface area contributed by atoms with Crippen molar-refractivity contribution >= 4 is 34.4 Å². The molecule has 0 spiro atoms. The topological polar surface area (TPSA) is 72.3 Å². The molecule has 5 rings (SSSR count). The Morgan fingerprint density at radius 2 is 1.53 bits per heavy atom. The number of likely N-dealkylation sites (tertiary alicyclic amines) is 1. The van der Waals surface area contributed by atoms with E-state index >= 15 is 0 Å². The minimum atomic E-state index is -0.231. The highest BCUT2D eigenvalue weighted by Gasteiger charge is 2.21. The van der Waals surface area contributed by atoms with E-state index in [9.17, 15) is 14.4 Å². The molecule has 3 aromatic carbocycles. The fourth-order valence-corrected chi connectivity index (χ4v) is 5.05. The van der Waals surface area contributed by atoms with Crippen molar-refractivity contribution in [1.82, 2.24) is 14.5 Å². The highest BCUT2D eigenvalue weighted by molar-refractivity contribution is 7.99. The number of thioether (sulfide) groups is 1. The number of nitrogens with zero attached hydrogens (tertiary/aromatic N) is 3. The van der Waals surface area contributed by atoms with Gasteiger partial charge in [0.25, 0.3) is 11.5 Å². The molecule has 0 unspecified atom stereocenters. The summed E-state index contributed by atoms with van der Waals surface area (Å²) in [6.07, 6.45) is 2.02. The van der Waals surface area contributed by atoms with Crippen molar-refractivity contribution in [1.29, 1.82) is 0 Å². The Labute approximate surface area is 201 Å². The van der Waals surface area contributed by atoms with Crippen LogP contribution in [0.2, 0.25) is 0 Å². The molecule has 4 aromatic rings. The van der Waals surface area contributed by atoms with Crippen LogP contribution < -0.4 is 5.56 Å². The highest BCUT2D eigenvalue weighted by atomic mass is 32.2. The Morgan fingerprint density at radius 3 is 2.24 bits per heavy atom. The van der Waals surface area contributed by atoms with Gasteiger partial charge in [0, 0.05) is 24.2 Å². The molecule has 0 bridgehead atoms. The maximum absolute atomic E-state index is 13.5. The van der Waals surface area contributed by atoms with Crippen molar-refractivity contribution in [3.63, 3.8) is 0 Å². The molecular formula is C27H23N3O3S. The van der Waals surface area contributed by atoms with Gasteiger partial charge < -0.3 is 4.90 Å². The van der Waals surface area contributed by atoms with E-state index in [-0.39, 0.29) is 23.0 Å². The molecule has 0 aliphatic carbocycles. The smallest absolute Gasteiger partial charge is 0.266 e. The second-order valence-electron chi connectivity index (χ2n) is 8.18. The average molecular weight is 470 g/mol. The number of aromatic nitrogens is 2. The van der Waals surface area contributed by atoms with E-state index in [1.54, 1.807) is 30.3 Å². The van der Waals surface area contributed by atoms with Crippen LogP contribution in [0, 0.1) is 0 Å². The van der Waals surface area contributed by atoms with Crippen LogP contribution in [0.4, 0.5) is 0 Å². The standard InChI is InChI=1S/C27H23N3O3S/c31-24(19-9-3-1-4-10-19)18-34-27-28-23-17-20(25(32)29-15-7-8-16-29)13-14-22(23)26(33)30(27)21-11-5-2-6-12-21/h1-6,9-14,17H,7-8,15-16,18H2. The lowest BCUT2D eigenvalue weighted by Gasteiger charge is -2.16. The average Bonchev–Trinajstić information content (AvgIpc) is 3.43. The van der Waals surface area contributed by atoms with E-state index in [1.165, 1.54) is 16.3 Å². The first kappa shape index (κ1) is 22.1. The number of hydrogen-bond acceptors (Lipinski definition) is 5. The molecular weight excluding hydrogens is 446 g/mol. The van der Waals surface area contributed by atoms with Crippen LogP contribution in [0.1, 0.15) is 33.6 Å². The van der Waals surface area contributed by atoms with Gasteiger partial charge in [-0.05, 0) is 43.2 Å². The Hall–Kier alpha value is -3.71. The second kappa shape index (κ2) is 9.65. The van der Waals surface area contributed by atoms with Crippen LogP contribution in [0.25, 0.3) is 16.6 Å². The molecule has 170 valence electrons. The lowest BCUT2D eigenvalue weighted by atomic mass is 10.1. The first-order chi connectivity index (χ1) is 16.6. The summed E-state index contributed by atoms with van der Waals surface area (Å²) in [7, 11) is 0. The van der Waals surface area contributed by atoms with Crippen molar-refractivity contribution in [2.75, 3.05) is 18.8 Å². The summed E-state index contributed by atoms with van der Waals surface area (Å²) in [5, 5.41) is 0.847. The van der Waals surface area contributed by atoms with Gasteiger partial charge in [0.05, 0.1) is 22.3 Å². The van der Waals surface area contributed by atoms with Crippen LogP contribution in [-0.2, 0) is 0 Å². The summed E-state index contributed by atoms with van der Waals surface area (Å²) < 4.78 is 1.53. The van der Waals surface area contributed by atoms with E-state index in [1.807, 2.05) is 53.4 Å². The van der Waals surface area contributed by atoms with Gasteiger partial charge in [-0.25, -0.2) is 4.98 Å². The van der Waals surface area contributed by atoms with Crippen molar-refractivity contribution in [3.8, 4) is 5.69 Å². The summed E-state index contributed by atoms with van der Waals surface area (Å²) in [6.45, 7) is 1.51. The third-order valence-electron chi connectivity index (χ3n) is 5.92. The van der Waals surface area contributed by atoms with E-state index in [0.717, 1.165) is 25.9 Å². The van der Waals surface area contributed by atoms with E-state index in [0.29, 0.717) is 32.9 Å². The Kier molecular flexibility index (Phi) is 6.27. The summed E-state index contributed by atoms with van der Waals surface area (Å²) >= 11 is 1.22. The Bertz CT molecular complexity index is 1410. The lowest BCUT2D eigenvalue weighted by molar-refractivity contribution is 0.0792. The number of carbonyl (C=O) groups excluding carboxylic acids is 2. The van der Waals surface area contributed by atoms with Gasteiger partial charge in [-0.3, -0.25) is 19.0 Å². The van der Waals surface area contributed by atoms with Crippen molar-refractivity contribution in [3.05, 3.63) is 100 Å². The number of carbonyl (C=O) groups is 2. The zero-order chi connectivity index (χ0) is 23.5. The molecule has 0 N–H and O–H groups in total. The van der Waals surface area contributed by atoms with E-state index < -0.39 is 0 Å².